The molecule has 1 radical (unpaired) electrons. The van der Waals surface area contributed by atoms with Gasteiger partial charge in [-0.3, -0.25) is 4.79 Å². The van der Waals surface area contributed by atoms with Gasteiger partial charge in [0.2, 0.25) is 0 Å². The third kappa shape index (κ3) is 1.31. The zero-order chi connectivity index (χ0) is 13.0. The highest BCUT2D eigenvalue weighted by Gasteiger charge is 2.63. The van der Waals surface area contributed by atoms with Crippen molar-refractivity contribution in [2.45, 2.75) is 33.6 Å². The van der Waals surface area contributed by atoms with Gasteiger partial charge in [0.05, 0.1) is 0 Å². The Kier molecular flexibility index (Phi) is 2.32. The Bertz CT molecular complexity index is 524. The average Bonchev–Trinajstić information content (AvgIpc) is 2.65. The van der Waals surface area contributed by atoms with E-state index in [0.717, 1.165) is 24.0 Å². The highest BCUT2D eigenvalue weighted by atomic mass is 16.1. The first-order chi connectivity index (χ1) is 8.47. The second-order valence-electron chi connectivity index (χ2n) is 6.41. The van der Waals surface area contributed by atoms with Gasteiger partial charge in [-0.1, -0.05) is 45.0 Å². The molecule has 2 bridgehead atoms. The Morgan fingerprint density at radius 2 is 1.94 bits per heavy atom. The Hall–Kier alpha value is -1.37. The third-order valence-corrected chi connectivity index (χ3v) is 5.43. The average molecular weight is 239 g/mol. The van der Waals surface area contributed by atoms with Crippen molar-refractivity contribution in [1.29, 1.82) is 0 Å². The molecular formula is C17H19O. The van der Waals surface area contributed by atoms with Crippen LogP contribution >= 0.6 is 0 Å². The van der Waals surface area contributed by atoms with Gasteiger partial charge < -0.3 is 0 Å². The second kappa shape index (κ2) is 3.57. The summed E-state index contributed by atoms with van der Waals surface area (Å²) in [5.74, 6) is 0.802. The fourth-order valence-electron chi connectivity index (χ4n) is 3.77. The maximum atomic E-state index is 12.6. The number of carbonyl (C=O) groups excluding carboxylic acids is 1. The van der Waals surface area contributed by atoms with E-state index in [-0.39, 0.29) is 10.8 Å². The van der Waals surface area contributed by atoms with Crippen LogP contribution in [0.1, 0.15) is 39.2 Å². The van der Waals surface area contributed by atoms with Crippen LogP contribution in [0.25, 0.3) is 6.08 Å². The first-order valence-electron chi connectivity index (χ1n) is 6.69. The van der Waals surface area contributed by atoms with E-state index in [2.05, 4.69) is 32.9 Å². The van der Waals surface area contributed by atoms with Crippen molar-refractivity contribution in [3.8, 4) is 0 Å². The van der Waals surface area contributed by atoms with Crippen LogP contribution in [0.15, 0.2) is 29.8 Å². The number of benzene rings is 1. The number of hydrogen-bond donors (Lipinski definition) is 0. The van der Waals surface area contributed by atoms with Crippen LogP contribution in [-0.4, -0.2) is 5.78 Å². The Morgan fingerprint density at radius 1 is 1.28 bits per heavy atom. The summed E-state index contributed by atoms with van der Waals surface area (Å²) in [6.45, 7) is 6.65. The predicted molar refractivity (Wildman–Crippen MR) is 72.9 cm³/mol. The van der Waals surface area contributed by atoms with Crippen molar-refractivity contribution in [2.24, 2.45) is 16.7 Å². The third-order valence-electron chi connectivity index (χ3n) is 5.43. The molecule has 2 aliphatic carbocycles. The molecule has 2 fully saturated rings. The van der Waals surface area contributed by atoms with E-state index in [1.54, 1.807) is 0 Å². The molecule has 1 nitrogen and oxygen atoms in total. The fourth-order valence-corrected chi connectivity index (χ4v) is 3.77. The SMILES string of the molecule is CC12CCC(/C(=C\c3cc[c]cc3)C1=O)C2(C)C. The molecule has 2 aliphatic rings. The van der Waals surface area contributed by atoms with E-state index >= 15 is 0 Å². The quantitative estimate of drug-likeness (QED) is 0.679. The molecule has 0 N–H and O–H groups in total. The van der Waals surface area contributed by atoms with Crippen LogP contribution in [0.5, 0.6) is 0 Å². The number of allylic oxidation sites excluding steroid dienone is 1. The van der Waals surface area contributed by atoms with Crippen LogP contribution in [0.4, 0.5) is 0 Å². The Morgan fingerprint density at radius 3 is 2.50 bits per heavy atom. The van der Waals surface area contributed by atoms with Gasteiger partial charge in [-0.2, -0.15) is 0 Å². The zero-order valence-electron chi connectivity index (χ0n) is 11.3. The molecule has 1 aromatic rings. The number of Topliss-reactive ketones (excluding diaryl/α,β-unsaturated/α-hetero) is 1. The molecule has 93 valence electrons. The molecule has 3 rings (SSSR count). The molecule has 1 aromatic carbocycles. The molecule has 0 aromatic heterocycles. The lowest BCUT2D eigenvalue weighted by Gasteiger charge is -2.31. The Labute approximate surface area is 109 Å². The van der Waals surface area contributed by atoms with E-state index in [9.17, 15) is 4.79 Å². The first-order valence-corrected chi connectivity index (χ1v) is 6.69. The Balaban J connectivity index is 2.07. The van der Waals surface area contributed by atoms with Gasteiger partial charge in [0.25, 0.3) is 0 Å². The highest BCUT2D eigenvalue weighted by Crippen LogP contribution is 2.65. The topological polar surface area (TPSA) is 17.1 Å². The molecule has 0 heterocycles. The van der Waals surface area contributed by atoms with Gasteiger partial charge in [-0.05, 0) is 47.5 Å². The zero-order valence-corrected chi connectivity index (χ0v) is 11.3. The van der Waals surface area contributed by atoms with Crippen molar-refractivity contribution in [3.63, 3.8) is 0 Å². The number of carbonyl (C=O) groups is 1. The van der Waals surface area contributed by atoms with Crippen LogP contribution in [0.2, 0.25) is 0 Å². The minimum Gasteiger partial charge on any atom is -0.294 e. The number of hydrogen-bond acceptors (Lipinski definition) is 1. The molecule has 0 aliphatic heterocycles. The van der Waals surface area contributed by atoms with E-state index in [1.165, 1.54) is 0 Å². The number of rotatable bonds is 1. The minimum absolute atomic E-state index is 0.108. The van der Waals surface area contributed by atoms with Crippen molar-refractivity contribution >= 4 is 11.9 Å². The summed E-state index contributed by atoms with van der Waals surface area (Å²) in [7, 11) is 0. The maximum absolute atomic E-state index is 12.6. The summed E-state index contributed by atoms with van der Waals surface area (Å²) < 4.78 is 0. The van der Waals surface area contributed by atoms with Gasteiger partial charge in [0.15, 0.2) is 5.78 Å². The molecule has 2 saturated carbocycles. The minimum atomic E-state index is -0.148. The molecule has 2 unspecified atom stereocenters. The van der Waals surface area contributed by atoms with Gasteiger partial charge in [0.1, 0.15) is 0 Å². The van der Waals surface area contributed by atoms with Gasteiger partial charge >= 0.3 is 0 Å². The molecule has 0 spiro atoms. The summed E-state index contributed by atoms with van der Waals surface area (Å²) in [6.07, 6.45) is 4.29. The van der Waals surface area contributed by atoms with Crippen LogP contribution in [-0.2, 0) is 4.79 Å². The summed E-state index contributed by atoms with van der Waals surface area (Å²) in [5.41, 5.74) is 2.12. The van der Waals surface area contributed by atoms with Gasteiger partial charge in [0, 0.05) is 5.41 Å². The first kappa shape index (κ1) is 11.7. The molecule has 1 heteroatoms. The van der Waals surface area contributed by atoms with Gasteiger partial charge in [-0.25, -0.2) is 0 Å². The fraction of sp³-hybridized carbons (Fsp3) is 0.471. The van der Waals surface area contributed by atoms with E-state index < -0.39 is 0 Å². The second-order valence-corrected chi connectivity index (χ2v) is 6.41. The summed E-state index contributed by atoms with van der Waals surface area (Å²) in [6, 6.07) is 10.8. The van der Waals surface area contributed by atoms with Crippen molar-refractivity contribution in [3.05, 3.63) is 41.5 Å². The van der Waals surface area contributed by atoms with Gasteiger partial charge in [-0.15, -0.1) is 0 Å². The summed E-state index contributed by atoms with van der Waals surface area (Å²) in [5, 5.41) is 0. The molecule has 18 heavy (non-hydrogen) atoms. The smallest absolute Gasteiger partial charge is 0.165 e. The molecular weight excluding hydrogens is 220 g/mol. The van der Waals surface area contributed by atoms with Crippen LogP contribution < -0.4 is 0 Å². The van der Waals surface area contributed by atoms with Crippen LogP contribution in [0, 0.1) is 22.8 Å². The lowest BCUT2D eigenvalue weighted by molar-refractivity contribution is -0.125. The highest BCUT2D eigenvalue weighted by molar-refractivity contribution is 6.07. The van der Waals surface area contributed by atoms with E-state index in [4.69, 9.17) is 0 Å². The molecule has 0 saturated heterocycles. The summed E-state index contributed by atoms with van der Waals surface area (Å²) >= 11 is 0. The molecule has 0 amide bonds. The molecule has 2 atom stereocenters. The van der Waals surface area contributed by atoms with Crippen molar-refractivity contribution < 1.29 is 4.79 Å². The normalized spacial score (nSPS) is 35.4. The standard InChI is InChI=1S/C17H19O/c1-16(2)14-9-10-17(16,3)15(18)13(14)11-12-7-5-4-6-8-12/h5-8,11,14H,9-10H2,1-3H3/b13-11+. The van der Waals surface area contributed by atoms with E-state index in [0.29, 0.717) is 11.7 Å². The van der Waals surface area contributed by atoms with Crippen molar-refractivity contribution in [2.75, 3.05) is 0 Å². The predicted octanol–water partition coefficient (Wildman–Crippen LogP) is 3.90. The summed E-state index contributed by atoms with van der Waals surface area (Å²) in [4.78, 5) is 12.6. The lowest BCUT2D eigenvalue weighted by Crippen LogP contribution is -2.32. The maximum Gasteiger partial charge on any atom is 0.165 e. The van der Waals surface area contributed by atoms with Crippen molar-refractivity contribution in [1.82, 2.24) is 0 Å². The van der Waals surface area contributed by atoms with Crippen LogP contribution in [0.3, 0.4) is 0 Å². The monoisotopic (exact) mass is 239 g/mol. The largest absolute Gasteiger partial charge is 0.294 e. The lowest BCUT2D eigenvalue weighted by atomic mass is 9.70. The van der Waals surface area contributed by atoms with E-state index in [1.807, 2.05) is 24.3 Å². The number of fused-ring (bicyclic) bond motifs is 2. The number of ketones is 1.